The quantitative estimate of drug-likeness (QED) is 0.625. The van der Waals surface area contributed by atoms with Crippen molar-refractivity contribution in [1.82, 2.24) is 0 Å². The van der Waals surface area contributed by atoms with Crippen LogP contribution in [0.5, 0.6) is 0 Å². The molecule has 1 aromatic carbocycles. The normalized spacial score (nSPS) is 10.9. The third-order valence-electron chi connectivity index (χ3n) is 1.98. The monoisotopic (exact) mass is 225 g/mol. The van der Waals surface area contributed by atoms with Crippen molar-refractivity contribution in [1.29, 1.82) is 0 Å². The van der Waals surface area contributed by atoms with Gasteiger partial charge in [-0.25, -0.2) is 8.42 Å². The summed E-state index contributed by atoms with van der Waals surface area (Å²) in [5, 5.41) is 0. The van der Waals surface area contributed by atoms with Gasteiger partial charge in [0.1, 0.15) is 10.7 Å². The first-order valence-electron chi connectivity index (χ1n) is 4.56. The average molecular weight is 225 g/mol. The van der Waals surface area contributed by atoms with Crippen LogP contribution in [0.1, 0.15) is 29.8 Å². The third kappa shape index (κ3) is 3.47. The molecule has 0 spiro atoms. The largest absolute Gasteiger partial charge is 0.294 e. The number of hydrogen-bond donors (Lipinski definition) is 1. The van der Waals surface area contributed by atoms with Crippen LogP contribution in [0, 0.1) is 5.92 Å². The minimum absolute atomic E-state index is 0.00642. The highest BCUT2D eigenvalue weighted by Crippen LogP contribution is 2.11. The van der Waals surface area contributed by atoms with Gasteiger partial charge in [0, 0.05) is 11.5 Å². The summed E-state index contributed by atoms with van der Waals surface area (Å²) in [4.78, 5) is 11.5. The van der Waals surface area contributed by atoms with Crippen LogP contribution < -0.4 is 0 Å². The molecule has 4 heteroatoms. The zero-order chi connectivity index (χ0) is 11.4. The Balaban J connectivity index is 2.85. The second-order valence-electron chi connectivity index (χ2n) is 3.52. The van der Waals surface area contributed by atoms with E-state index in [-0.39, 0.29) is 11.5 Å². The Morgan fingerprint density at radius 2 is 1.67 bits per heavy atom. The number of rotatable bonds is 4. The van der Waals surface area contributed by atoms with Gasteiger partial charge in [0.15, 0.2) is 5.78 Å². The summed E-state index contributed by atoms with van der Waals surface area (Å²) in [6.07, 6.45) is 0. The number of Topliss-reactive ketones (excluding diaryl/α,β-unsaturated/α-hetero) is 1. The van der Waals surface area contributed by atoms with Crippen LogP contribution in [-0.2, 0) is 16.5 Å². The van der Waals surface area contributed by atoms with Gasteiger partial charge in [-0.2, -0.15) is 0 Å². The van der Waals surface area contributed by atoms with E-state index >= 15 is 0 Å². The Morgan fingerprint density at radius 1 is 1.13 bits per heavy atom. The van der Waals surface area contributed by atoms with Crippen LogP contribution in [0.15, 0.2) is 24.3 Å². The lowest BCUT2D eigenvalue weighted by molar-refractivity contribution is 0.101. The smallest absolute Gasteiger partial charge is 0.169 e. The summed E-state index contributed by atoms with van der Waals surface area (Å²) >= 11 is 0. The third-order valence-corrected chi connectivity index (χ3v) is 2.61. The SMILES string of the molecule is C[C](C)C(=O)c1ccc(C[SH](=O)=O)cc1. The van der Waals surface area contributed by atoms with E-state index in [1.54, 1.807) is 38.1 Å². The van der Waals surface area contributed by atoms with Crippen molar-refractivity contribution < 1.29 is 13.2 Å². The fourth-order valence-electron chi connectivity index (χ4n) is 1.20. The van der Waals surface area contributed by atoms with E-state index in [0.29, 0.717) is 11.1 Å². The predicted molar refractivity (Wildman–Crippen MR) is 59.4 cm³/mol. The molecule has 0 bridgehead atoms. The number of carbonyl (C=O) groups is 1. The number of hydrogen-bond acceptors (Lipinski definition) is 3. The fraction of sp³-hybridized carbons (Fsp3) is 0.273. The maximum Gasteiger partial charge on any atom is 0.169 e. The Labute approximate surface area is 91.1 Å². The molecule has 0 saturated carbocycles. The lowest BCUT2D eigenvalue weighted by Gasteiger charge is -2.03. The highest BCUT2D eigenvalue weighted by atomic mass is 32.2. The molecular formula is C11H13O3S. The fourth-order valence-corrected chi connectivity index (χ4v) is 1.71. The molecule has 0 fully saturated rings. The standard InChI is InChI=1S/C11H13O3S/c1-8(2)11(12)10-5-3-9(4-6-10)7-15(13)14/h3-6,15H,7H2,1-2H3. The van der Waals surface area contributed by atoms with Crippen molar-refractivity contribution >= 4 is 16.5 Å². The van der Waals surface area contributed by atoms with Crippen LogP contribution in [0.3, 0.4) is 0 Å². The zero-order valence-corrected chi connectivity index (χ0v) is 9.58. The van der Waals surface area contributed by atoms with E-state index in [1.807, 2.05) is 0 Å². The highest BCUT2D eigenvalue weighted by molar-refractivity contribution is 7.71. The van der Waals surface area contributed by atoms with Gasteiger partial charge in [-0.1, -0.05) is 38.1 Å². The average Bonchev–Trinajstić information content (AvgIpc) is 2.17. The molecule has 15 heavy (non-hydrogen) atoms. The minimum atomic E-state index is -2.40. The number of ketones is 1. The maximum atomic E-state index is 11.5. The topological polar surface area (TPSA) is 51.2 Å². The van der Waals surface area contributed by atoms with Crippen LogP contribution in [0.25, 0.3) is 0 Å². The van der Waals surface area contributed by atoms with E-state index in [1.165, 1.54) is 0 Å². The molecule has 1 aromatic rings. The molecule has 0 aliphatic heterocycles. The molecule has 1 rings (SSSR count). The van der Waals surface area contributed by atoms with Crippen molar-refractivity contribution in [3.8, 4) is 0 Å². The lowest BCUT2D eigenvalue weighted by Crippen LogP contribution is -2.05. The van der Waals surface area contributed by atoms with Gasteiger partial charge in [0.2, 0.25) is 0 Å². The van der Waals surface area contributed by atoms with Gasteiger partial charge in [-0.05, 0) is 5.56 Å². The Kier molecular flexibility index (Phi) is 4.03. The zero-order valence-electron chi connectivity index (χ0n) is 8.69. The molecule has 81 valence electrons. The van der Waals surface area contributed by atoms with Gasteiger partial charge in [-0.3, -0.25) is 4.79 Å². The van der Waals surface area contributed by atoms with Gasteiger partial charge in [0.05, 0.1) is 5.75 Å². The van der Waals surface area contributed by atoms with Crippen LogP contribution >= 0.6 is 0 Å². The molecule has 0 aliphatic rings. The first-order valence-corrected chi connectivity index (χ1v) is 5.92. The summed E-state index contributed by atoms with van der Waals surface area (Å²) in [6.45, 7) is 3.51. The van der Waals surface area contributed by atoms with E-state index in [2.05, 4.69) is 0 Å². The summed E-state index contributed by atoms with van der Waals surface area (Å²) in [7, 11) is -2.40. The molecular weight excluding hydrogens is 212 g/mol. The Hall–Kier alpha value is -1.16. The number of carbonyl (C=O) groups excluding carboxylic acids is 1. The van der Waals surface area contributed by atoms with E-state index in [0.717, 1.165) is 5.92 Å². The Morgan fingerprint density at radius 3 is 2.07 bits per heavy atom. The van der Waals surface area contributed by atoms with E-state index in [9.17, 15) is 13.2 Å². The molecule has 0 aromatic heterocycles. The number of benzene rings is 1. The van der Waals surface area contributed by atoms with Crippen molar-refractivity contribution in [2.24, 2.45) is 0 Å². The molecule has 0 amide bonds. The molecule has 0 heterocycles. The summed E-state index contributed by atoms with van der Waals surface area (Å²) in [6, 6.07) is 6.65. The second kappa shape index (κ2) is 5.07. The molecule has 0 saturated heterocycles. The van der Waals surface area contributed by atoms with Gasteiger partial charge >= 0.3 is 0 Å². The van der Waals surface area contributed by atoms with Crippen molar-refractivity contribution in [3.05, 3.63) is 41.3 Å². The van der Waals surface area contributed by atoms with Crippen molar-refractivity contribution in [2.75, 3.05) is 0 Å². The highest BCUT2D eigenvalue weighted by Gasteiger charge is 2.10. The van der Waals surface area contributed by atoms with Crippen LogP contribution in [-0.4, -0.2) is 14.2 Å². The summed E-state index contributed by atoms with van der Waals surface area (Å²) in [5.74, 6) is 0.740. The van der Waals surface area contributed by atoms with Crippen molar-refractivity contribution in [2.45, 2.75) is 19.6 Å². The first-order chi connectivity index (χ1) is 7.00. The minimum Gasteiger partial charge on any atom is -0.294 e. The molecule has 3 nitrogen and oxygen atoms in total. The molecule has 1 radical (unpaired) electrons. The first kappa shape index (κ1) is 11.9. The van der Waals surface area contributed by atoms with Gasteiger partial charge < -0.3 is 0 Å². The predicted octanol–water partition coefficient (Wildman–Crippen LogP) is 1.59. The van der Waals surface area contributed by atoms with Crippen molar-refractivity contribution in [3.63, 3.8) is 0 Å². The van der Waals surface area contributed by atoms with E-state index < -0.39 is 10.7 Å². The van der Waals surface area contributed by atoms with E-state index in [4.69, 9.17) is 0 Å². The lowest BCUT2D eigenvalue weighted by atomic mass is 10.0. The van der Waals surface area contributed by atoms with Crippen LogP contribution in [0.4, 0.5) is 0 Å². The summed E-state index contributed by atoms with van der Waals surface area (Å²) in [5.41, 5.74) is 1.30. The molecule has 0 atom stereocenters. The summed E-state index contributed by atoms with van der Waals surface area (Å²) < 4.78 is 20.9. The Bertz CT molecular complexity index is 408. The van der Waals surface area contributed by atoms with Gasteiger partial charge in [0.25, 0.3) is 0 Å². The number of thiol groups is 1. The molecule has 0 N–H and O–H groups in total. The van der Waals surface area contributed by atoms with Crippen LogP contribution in [0.2, 0.25) is 0 Å². The van der Waals surface area contributed by atoms with Gasteiger partial charge in [-0.15, -0.1) is 0 Å². The maximum absolute atomic E-state index is 11.5. The molecule has 0 aliphatic carbocycles. The second-order valence-corrected chi connectivity index (χ2v) is 4.50. The molecule has 0 unspecified atom stereocenters.